The SMILES string of the molecule is O=C(Nc1ccc(OC(F)F)cc1)Nc1ccccc1N(O)O. The Morgan fingerprint density at radius 1 is 1.04 bits per heavy atom. The lowest BCUT2D eigenvalue weighted by Gasteiger charge is -2.14. The first-order chi connectivity index (χ1) is 11.0. The third kappa shape index (κ3) is 4.80. The molecule has 2 amide bonds. The van der Waals surface area contributed by atoms with E-state index in [4.69, 9.17) is 10.4 Å². The molecular formula is C14H13F2N3O4. The van der Waals surface area contributed by atoms with Gasteiger partial charge in [0.25, 0.3) is 0 Å². The molecule has 0 radical (unpaired) electrons. The molecular weight excluding hydrogens is 312 g/mol. The van der Waals surface area contributed by atoms with Crippen molar-refractivity contribution in [1.29, 1.82) is 0 Å². The maximum absolute atomic E-state index is 12.0. The van der Waals surface area contributed by atoms with Crippen LogP contribution in [0.4, 0.5) is 30.6 Å². The van der Waals surface area contributed by atoms with Gasteiger partial charge in [-0.3, -0.25) is 10.4 Å². The number of rotatable bonds is 5. The van der Waals surface area contributed by atoms with Gasteiger partial charge in [0.15, 0.2) is 0 Å². The lowest BCUT2D eigenvalue weighted by atomic mass is 10.2. The fourth-order valence-corrected chi connectivity index (χ4v) is 1.76. The van der Waals surface area contributed by atoms with Gasteiger partial charge in [-0.2, -0.15) is 8.78 Å². The van der Waals surface area contributed by atoms with E-state index in [1.807, 2.05) is 0 Å². The van der Waals surface area contributed by atoms with E-state index in [2.05, 4.69) is 15.4 Å². The predicted molar refractivity (Wildman–Crippen MR) is 78.2 cm³/mol. The molecule has 2 aromatic carbocycles. The Morgan fingerprint density at radius 2 is 1.70 bits per heavy atom. The maximum atomic E-state index is 12.0. The third-order valence-electron chi connectivity index (χ3n) is 2.71. The van der Waals surface area contributed by atoms with E-state index in [9.17, 15) is 13.6 Å². The number of para-hydroxylation sites is 2. The number of carbonyl (C=O) groups is 1. The zero-order valence-electron chi connectivity index (χ0n) is 11.6. The Balaban J connectivity index is 2.00. The number of carbonyl (C=O) groups excluding carboxylic acids is 1. The average molecular weight is 325 g/mol. The summed E-state index contributed by atoms with van der Waals surface area (Å²) in [5, 5.41) is 22.9. The highest BCUT2D eigenvalue weighted by Crippen LogP contribution is 2.23. The van der Waals surface area contributed by atoms with Crippen molar-refractivity contribution in [1.82, 2.24) is 0 Å². The van der Waals surface area contributed by atoms with Crippen molar-refractivity contribution in [2.45, 2.75) is 6.61 Å². The average Bonchev–Trinajstić information content (AvgIpc) is 2.49. The normalized spacial score (nSPS) is 10.3. The summed E-state index contributed by atoms with van der Waals surface area (Å²) in [5.74, 6) is -0.0347. The quantitative estimate of drug-likeness (QED) is 0.631. The highest BCUT2D eigenvalue weighted by molar-refractivity contribution is 6.01. The molecule has 4 N–H and O–H groups in total. The zero-order chi connectivity index (χ0) is 16.8. The van der Waals surface area contributed by atoms with Crippen LogP contribution in [0.2, 0.25) is 0 Å². The number of nitrogens with zero attached hydrogens (tertiary/aromatic N) is 1. The summed E-state index contributed by atoms with van der Waals surface area (Å²) in [6.07, 6.45) is 0. The first-order valence-electron chi connectivity index (χ1n) is 6.35. The number of benzene rings is 2. The number of hydrogen-bond donors (Lipinski definition) is 4. The zero-order valence-corrected chi connectivity index (χ0v) is 11.6. The number of urea groups is 1. The molecule has 7 nitrogen and oxygen atoms in total. The van der Waals surface area contributed by atoms with Gasteiger partial charge < -0.3 is 15.4 Å². The molecule has 23 heavy (non-hydrogen) atoms. The van der Waals surface area contributed by atoms with Gasteiger partial charge in [-0.15, -0.1) is 5.23 Å². The molecule has 0 spiro atoms. The molecule has 0 aliphatic rings. The molecule has 0 aliphatic heterocycles. The standard InChI is InChI=1S/C14H13F2N3O4/c15-13(16)23-10-7-5-9(6-8-10)17-14(20)18-11-3-1-2-4-12(11)19(21)22/h1-8,13,21-22H,(H2,17,18,20). The van der Waals surface area contributed by atoms with Crippen LogP contribution in [0.1, 0.15) is 0 Å². The number of anilines is 3. The van der Waals surface area contributed by atoms with Crippen molar-refractivity contribution in [3.05, 3.63) is 48.5 Å². The van der Waals surface area contributed by atoms with E-state index >= 15 is 0 Å². The second-order valence-electron chi connectivity index (χ2n) is 4.29. The van der Waals surface area contributed by atoms with Crippen molar-refractivity contribution >= 4 is 23.1 Å². The van der Waals surface area contributed by atoms with E-state index in [0.29, 0.717) is 5.69 Å². The van der Waals surface area contributed by atoms with Gasteiger partial charge in [-0.05, 0) is 36.4 Å². The molecule has 0 fully saturated rings. The first-order valence-corrected chi connectivity index (χ1v) is 6.35. The molecule has 0 saturated heterocycles. The predicted octanol–water partition coefficient (Wildman–Crippen LogP) is 3.52. The summed E-state index contributed by atoms with van der Waals surface area (Å²) in [6, 6.07) is 10.7. The molecule has 2 aromatic rings. The monoisotopic (exact) mass is 325 g/mol. The Kier molecular flexibility index (Phi) is 5.28. The molecule has 122 valence electrons. The fraction of sp³-hybridized carbons (Fsp3) is 0.0714. The van der Waals surface area contributed by atoms with Crippen LogP contribution in [0.15, 0.2) is 48.5 Å². The highest BCUT2D eigenvalue weighted by atomic mass is 19.3. The molecule has 0 atom stereocenters. The minimum Gasteiger partial charge on any atom is -0.435 e. The van der Waals surface area contributed by atoms with Crippen LogP contribution >= 0.6 is 0 Å². The number of halogens is 2. The molecule has 0 heterocycles. The van der Waals surface area contributed by atoms with Gasteiger partial charge in [0.05, 0.1) is 5.69 Å². The summed E-state index contributed by atoms with van der Waals surface area (Å²) >= 11 is 0. The molecule has 0 aliphatic carbocycles. The largest absolute Gasteiger partial charge is 0.435 e. The smallest absolute Gasteiger partial charge is 0.387 e. The van der Waals surface area contributed by atoms with Gasteiger partial charge in [-0.1, -0.05) is 12.1 Å². The van der Waals surface area contributed by atoms with Gasteiger partial charge in [0.1, 0.15) is 11.4 Å². The topological polar surface area (TPSA) is 94.1 Å². The van der Waals surface area contributed by atoms with Gasteiger partial charge in [0.2, 0.25) is 0 Å². The fourth-order valence-electron chi connectivity index (χ4n) is 1.76. The van der Waals surface area contributed by atoms with Crippen LogP contribution in [0.3, 0.4) is 0 Å². The number of nitrogens with one attached hydrogen (secondary N) is 2. The second-order valence-corrected chi connectivity index (χ2v) is 4.29. The van der Waals surface area contributed by atoms with Crippen LogP contribution in [0.5, 0.6) is 5.75 Å². The van der Waals surface area contributed by atoms with Crippen molar-refractivity contribution < 1.29 is 28.7 Å². The van der Waals surface area contributed by atoms with E-state index in [-0.39, 0.29) is 22.4 Å². The van der Waals surface area contributed by atoms with E-state index in [1.54, 1.807) is 12.1 Å². The van der Waals surface area contributed by atoms with Crippen molar-refractivity contribution in [2.75, 3.05) is 15.9 Å². The molecule has 0 bridgehead atoms. The number of alkyl halides is 2. The van der Waals surface area contributed by atoms with Crippen molar-refractivity contribution in [3.63, 3.8) is 0 Å². The van der Waals surface area contributed by atoms with Crippen LogP contribution in [-0.2, 0) is 0 Å². The lowest BCUT2D eigenvalue weighted by Crippen LogP contribution is -2.21. The molecule has 0 aromatic heterocycles. The lowest BCUT2D eigenvalue weighted by molar-refractivity contribution is -0.0498. The third-order valence-corrected chi connectivity index (χ3v) is 2.71. The molecule has 0 unspecified atom stereocenters. The Hall–Kier alpha value is -2.91. The minimum atomic E-state index is -2.92. The van der Waals surface area contributed by atoms with Crippen LogP contribution in [0, 0.1) is 0 Å². The molecule has 0 saturated carbocycles. The number of amides is 2. The summed E-state index contributed by atoms with van der Waals surface area (Å²) in [6.45, 7) is -2.92. The van der Waals surface area contributed by atoms with E-state index < -0.39 is 12.6 Å². The van der Waals surface area contributed by atoms with Crippen molar-refractivity contribution in [2.24, 2.45) is 0 Å². The summed E-state index contributed by atoms with van der Waals surface area (Å²) in [7, 11) is 0. The molecule has 9 heteroatoms. The van der Waals surface area contributed by atoms with Crippen LogP contribution in [-0.4, -0.2) is 23.1 Å². The van der Waals surface area contributed by atoms with Crippen LogP contribution < -0.4 is 20.6 Å². The van der Waals surface area contributed by atoms with Gasteiger partial charge in [0, 0.05) is 5.69 Å². The maximum Gasteiger partial charge on any atom is 0.387 e. The number of hydrogen-bond acceptors (Lipinski definition) is 5. The van der Waals surface area contributed by atoms with Gasteiger partial charge in [-0.25, -0.2) is 4.79 Å². The Morgan fingerprint density at radius 3 is 2.30 bits per heavy atom. The van der Waals surface area contributed by atoms with Crippen LogP contribution in [0.25, 0.3) is 0 Å². The second kappa shape index (κ2) is 7.38. The Bertz CT molecular complexity index is 665. The molecule has 2 rings (SSSR count). The summed E-state index contributed by atoms with van der Waals surface area (Å²) in [5.41, 5.74) is 0.474. The Labute approximate surface area is 129 Å². The number of ether oxygens (including phenoxy) is 1. The summed E-state index contributed by atoms with van der Waals surface area (Å²) < 4.78 is 28.2. The van der Waals surface area contributed by atoms with Crippen molar-refractivity contribution in [3.8, 4) is 5.75 Å². The summed E-state index contributed by atoms with van der Waals surface area (Å²) in [4.78, 5) is 11.9. The minimum absolute atomic E-state index is 0.0247. The van der Waals surface area contributed by atoms with Gasteiger partial charge >= 0.3 is 12.6 Å². The highest BCUT2D eigenvalue weighted by Gasteiger charge is 2.10. The van der Waals surface area contributed by atoms with E-state index in [0.717, 1.165) is 0 Å². The van der Waals surface area contributed by atoms with E-state index in [1.165, 1.54) is 36.4 Å². The first kappa shape index (κ1) is 16.5.